The Kier molecular flexibility index (Phi) is 4.27. The summed E-state index contributed by atoms with van der Waals surface area (Å²) in [7, 11) is 0. The predicted octanol–water partition coefficient (Wildman–Crippen LogP) is 7.00. The maximum absolute atomic E-state index is 14.3. The van der Waals surface area contributed by atoms with Crippen molar-refractivity contribution in [2.75, 3.05) is 5.32 Å². The highest BCUT2D eigenvalue weighted by Gasteiger charge is 2.50. The Morgan fingerprint density at radius 2 is 1.33 bits per heavy atom. The highest BCUT2D eigenvalue weighted by molar-refractivity contribution is 6.18. The number of Topliss-reactive ketones (excluding diaryl/α,β-unsaturated/α-hetero) is 1. The van der Waals surface area contributed by atoms with Crippen LogP contribution >= 0.6 is 0 Å². The summed E-state index contributed by atoms with van der Waals surface area (Å²) in [5.41, 5.74) is 7.86. The van der Waals surface area contributed by atoms with Gasteiger partial charge in [0, 0.05) is 27.7 Å². The van der Waals surface area contributed by atoms with Crippen LogP contribution < -0.4 is 5.32 Å². The van der Waals surface area contributed by atoms with Crippen LogP contribution in [0.25, 0.3) is 22.2 Å². The molecule has 1 aliphatic heterocycles. The summed E-state index contributed by atoms with van der Waals surface area (Å²) in [5, 5.41) is 4.72. The molecule has 0 saturated heterocycles. The van der Waals surface area contributed by atoms with Gasteiger partial charge in [0.25, 0.3) is 0 Å². The predicted molar refractivity (Wildman–Crippen MR) is 135 cm³/mol. The average molecular weight is 429 g/mol. The van der Waals surface area contributed by atoms with E-state index >= 15 is 0 Å². The van der Waals surface area contributed by atoms with Crippen molar-refractivity contribution in [1.29, 1.82) is 0 Å². The molecule has 1 atom stereocenters. The topological polar surface area (TPSA) is 44.9 Å². The summed E-state index contributed by atoms with van der Waals surface area (Å²) in [4.78, 5) is 17.9. The summed E-state index contributed by atoms with van der Waals surface area (Å²) in [6, 6.07) is 32.8. The van der Waals surface area contributed by atoms with Gasteiger partial charge in [0.2, 0.25) is 0 Å². The van der Waals surface area contributed by atoms with Crippen molar-refractivity contribution in [3.63, 3.8) is 0 Å². The van der Waals surface area contributed by atoms with Gasteiger partial charge < -0.3 is 10.3 Å². The molecule has 160 valence electrons. The lowest BCUT2D eigenvalue weighted by atomic mass is 9.77. The summed E-state index contributed by atoms with van der Waals surface area (Å²) in [6.45, 7) is 4.15. The number of hydrogen-bond donors (Lipinski definition) is 2. The number of anilines is 1. The molecule has 0 radical (unpaired) electrons. The van der Waals surface area contributed by atoms with Crippen LogP contribution in [0.3, 0.4) is 0 Å². The number of nitrogens with one attached hydrogen (secondary N) is 2. The molecule has 4 aromatic carbocycles. The Hall–Kier alpha value is -4.11. The fraction of sp³-hybridized carbons (Fsp3) is 0.100. The van der Waals surface area contributed by atoms with Crippen molar-refractivity contribution < 1.29 is 4.79 Å². The van der Waals surface area contributed by atoms with E-state index in [1.165, 1.54) is 5.56 Å². The SMILES string of the molecule is Cc1ccc(-c2[nH]c3ccccc3c2C2(c3ccc(C)cc3)Nc3ccccc3C2=O)cc1. The van der Waals surface area contributed by atoms with E-state index in [0.29, 0.717) is 0 Å². The Morgan fingerprint density at radius 1 is 0.697 bits per heavy atom. The fourth-order valence-electron chi connectivity index (χ4n) is 5.05. The van der Waals surface area contributed by atoms with Crippen molar-refractivity contribution >= 4 is 22.4 Å². The normalized spacial score (nSPS) is 17.2. The van der Waals surface area contributed by atoms with Gasteiger partial charge >= 0.3 is 0 Å². The summed E-state index contributed by atoms with van der Waals surface area (Å²) >= 11 is 0. The molecule has 3 heteroatoms. The van der Waals surface area contributed by atoms with Gasteiger partial charge in [0.05, 0.1) is 5.69 Å². The molecule has 1 unspecified atom stereocenters. The third-order valence-corrected chi connectivity index (χ3v) is 6.74. The number of ketones is 1. The molecule has 1 aromatic heterocycles. The van der Waals surface area contributed by atoms with E-state index in [1.807, 2.05) is 36.4 Å². The zero-order valence-electron chi connectivity index (χ0n) is 18.6. The summed E-state index contributed by atoms with van der Waals surface area (Å²) in [5.74, 6) is 0.0695. The first-order valence-electron chi connectivity index (χ1n) is 11.3. The van der Waals surface area contributed by atoms with Gasteiger partial charge in [-0.2, -0.15) is 0 Å². The van der Waals surface area contributed by atoms with Crippen LogP contribution in [0.4, 0.5) is 5.69 Å². The van der Waals surface area contributed by atoms with E-state index < -0.39 is 5.54 Å². The van der Waals surface area contributed by atoms with Crippen molar-refractivity contribution in [2.24, 2.45) is 0 Å². The minimum absolute atomic E-state index is 0.0695. The molecule has 6 rings (SSSR count). The lowest BCUT2D eigenvalue weighted by Gasteiger charge is -2.31. The molecule has 0 amide bonds. The molecule has 0 aliphatic carbocycles. The molecule has 33 heavy (non-hydrogen) atoms. The van der Waals surface area contributed by atoms with Crippen LogP contribution in [0.1, 0.15) is 32.6 Å². The minimum Gasteiger partial charge on any atom is -0.365 e. The fourth-order valence-corrected chi connectivity index (χ4v) is 5.05. The van der Waals surface area contributed by atoms with Gasteiger partial charge in [0.15, 0.2) is 11.3 Å². The maximum Gasteiger partial charge on any atom is 0.199 e. The van der Waals surface area contributed by atoms with Crippen LogP contribution in [-0.2, 0) is 5.54 Å². The summed E-state index contributed by atoms with van der Waals surface area (Å²) < 4.78 is 0. The largest absolute Gasteiger partial charge is 0.365 e. The molecular formula is C30H24N2O. The molecule has 1 aliphatic rings. The first kappa shape index (κ1) is 19.6. The first-order chi connectivity index (χ1) is 16.1. The standard InChI is InChI=1S/C30H24N2O/c1-19-11-15-21(16-12-19)28-27(23-7-3-5-9-25(23)31-28)30(22-17-13-20(2)14-18-22)29(33)24-8-4-6-10-26(24)32-30/h3-18,31-32H,1-2H3. The third-order valence-electron chi connectivity index (χ3n) is 6.74. The maximum atomic E-state index is 14.3. The molecule has 2 heterocycles. The van der Waals surface area contributed by atoms with Crippen molar-refractivity contribution in [2.45, 2.75) is 19.4 Å². The van der Waals surface area contributed by atoms with E-state index in [-0.39, 0.29) is 5.78 Å². The zero-order valence-corrected chi connectivity index (χ0v) is 18.6. The molecule has 0 saturated carbocycles. The molecule has 2 N–H and O–H groups in total. The highest BCUT2D eigenvalue weighted by atomic mass is 16.1. The number of para-hydroxylation sites is 2. The van der Waals surface area contributed by atoms with Gasteiger partial charge in [-0.1, -0.05) is 90.0 Å². The highest BCUT2D eigenvalue weighted by Crippen LogP contribution is 2.49. The van der Waals surface area contributed by atoms with Crippen LogP contribution in [0.15, 0.2) is 97.1 Å². The van der Waals surface area contributed by atoms with Crippen molar-refractivity contribution in [3.8, 4) is 11.3 Å². The second-order valence-electron chi connectivity index (χ2n) is 8.90. The zero-order chi connectivity index (χ0) is 22.6. The minimum atomic E-state index is -1.03. The molecule has 0 bridgehead atoms. The second kappa shape index (κ2) is 7.21. The third kappa shape index (κ3) is 2.86. The van der Waals surface area contributed by atoms with Gasteiger partial charge in [-0.15, -0.1) is 0 Å². The Bertz CT molecular complexity index is 1510. The monoisotopic (exact) mass is 428 g/mol. The van der Waals surface area contributed by atoms with Gasteiger partial charge in [-0.3, -0.25) is 4.79 Å². The number of H-pyrrole nitrogens is 1. The molecular weight excluding hydrogens is 404 g/mol. The van der Waals surface area contributed by atoms with Crippen LogP contribution in [0, 0.1) is 13.8 Å². The Balaban J connectivity index is 1.73. The number of carbonyl (C=O) groups is 1. The molecule has 3 nitrogen and oxygen atoms in total. The van der Waals surface area contributed by atoms with Crippen LogP contribution in [-0.4, -0.2) is 10.8 Å². The molecule has 0 spiro atoms. The Labute approximate surface area is 193 Å². The number of rotatable bonds is 3. The first-order valence-corrected chi connectivity index (χ1v) is 11.3. The second-order valence-corrected chi connectivity index (χ2v) is 8.90. The number of aromatic amines is 1. The van der Waals surface area contributed by atoms with Crippen molar-refractivity contribution in [1.82, 2.24) is 4.98 Å². The van der Waals surface area contributed by atoms with Crippen LogP contribution in [0.5, 0.6) is 0 Å². The molecule has 0 fully saturated rings. The number of fused-ring (bicyclic) bond motifs is 2. The Morgan fingerprint density at radius 3 is 2.06 bits per heavy atom. The van der Waals surface area contributed by atoms with E-state index in [0.717, 1.165) is 50.1 Å². The smallest absolute Gasteiger partial charge is 0.199 e. The van der Waals surface area contributed by atoms with Gasteiger partial charge in [-0.25, -0.2) is 0 Å². The van der Waals surface area contributed by atoms with E-state index in [2.05, 4.69) is 84.8 Å². The van der Waals surface area contributed by atoms with E-state index in [1.54, 1.807) is 0 Å². The van der Waals surface area contributed by atoms with Gasteiger partial charge in [-0.05, 0) is 43.2 Å². The van der Waals surface area contributed by atoms with Crippen molar-refractivity contribution in [3.05, 3.63) is 125 Å². The number of benzene rings is 4. The summed E-state index contributed by atoms with van der Waals surface area (Å²) in [6.07, 6.45) is 0. The number of hydrogen-bond acceptors (Lipinski definition) is 2. The lowest BCUT2D eigenvalue weighted by molar-refractivity contribution is 0.0942. The quantitative estimate of drug-likeness (QED) is 0.325. The number of carbonyl (C=O) groups excluding carboxylic acids is 1. The molecule has 5 aromatic rings. The van der Waals surface area contributed by atoms with E-state index in [9.17, 15) is 4.79 Å². The lowest BCUT2D eigenvalue weighted by Crippen LogP contribution is -2.40. The number of aromatic nitrogens is 1. The van der Waals surface area contributed by atoms with Gasteiger partial charge in [0.1, 0.15) is 0 Å². The van der Waals surface area contributed by atoms with E-state index in [4.69, 9.17) is 0 Å². The van der Waals surface area contributed by atoms with Crippen LogP contribution in [0.2, 0.25) is 0 Å². The average Bonchev–Trinajstić information content (AvgIpc) is 3.37. The number of aryl methyl sites for hydroxylation is 2.